The molecular weight excluding hydrogens is 296 g/mol. The highest BCUT2D eigenvalue weighted by molar-refractivity contribution is 5.83. The standard InChI is InChI=1S/C17H14F4O/c1-3-22-13-9-8-12(16(20)17(13)21)15(19)14(18)11-6-4-10(2)5-7-11/h4-9H,3H2,1-2H3/b15-14+. The van der Waals surface area contributed by atoms with Crippen molar-refractivity contribution in [2.45, 2.75) is 13.8 Å². The van der Waals surface area contributed by atoms with Crippen molar-refractivity contribution in [1.29, 1.82) is 0 Å². The van der Waals surface area contributed by atoms with E-state index in [1.165, 1.54) is 12.1 Å². The second-order valence-corrected chi connectivity index (χ2v) is 4.67. The zero-order chi connectivity index (χ0) is 16.3. The Morgan fingerprint density at radius 2 is 1.55 bits per heavy atom. The lowest BCUT2D eigenvalue weighted by Gasteiger charge is -2.08. The normalized spacial score (nSPS) is 12.1. The number of hydrogen-bond acceptors (Lipinski definition) is 1. The molecule has 0 saturated carbocycles. The first-order chi connectivity index (χ1) is 10.5. The summed E-state index contributed by atoms with van der Waals surface area (Å²) in [6.45, 7) is 3.53. The van der Waals surface area contributed by atoms with Crippen molar-refractivity contribution in [3.8, 4) is 5.75 Å². The van der Waals surface area contributed by atoms with E-state index in [0.717, 1.165) is 17.7 Å². The summed E-state index contributed by atoms with van der Waals surface area (Å²) in [6, 6.07) is 7.94. The minimum atomic E-state index is -1.48. The number of halogens is 4. The van der Waals surface area contributed by atoms with Gasteiger partial charge in [-0.2, -0.15) is 4.39 Å². The first-order valence-electron chi connectivity index (χ1n) is 6.69. The third kappa shape index (κ3) is 3.13. The summed E-state index contributed by atoms with van der Waals surface area (Å²) in [5.74, 6) is -5.87. The van der Waals surface area contributed by atoms with E-state index in [0.29, 0.717) is 0 Å². The van der Waals surface area contributed by atoms with Crippen LogP contribution in [0, 0.1) is 18.6 Å². The molecule has 0 unspecified atom stereocenters. The van der Waals surface area contributed by atoms with Crippen molar-refractivity contribution >= 4 is 11.7 Å². The Bertz CT molecular complexity index is 705. The van der Waals surface area contributed by atoms with Gasteiger partial charge in [0, 0.05) is 5.56 Å². The Hall–Kier alpha value is -2.30. The van der Waals surface area contributed by atoms with Crippen LogP contribution in [0.1, 0.15) is 23.6 Å². The maximum Gasteiger partial charge on any atom is 0.201 e. The van der Waals surface area contributed by atoms with E-state index in [1.54, 1.807) is 26.0 Å². The molecule has 22 heavy (non-hydrogen) atoms. The SMILES string of the molecule is CCOc1ccc(/C(F)=C(\F)c2ccc(C)cc2)c(F)c1F. The van der Waals surface area contributed by atoms with Crippen LogP contribution < -0.4 is 4.74 Å². The Morgan fingerprint density at radius 3 is 2.14 bits per heavy atom. The summed E-state index contributed by atoms with van der Waals surface area (Å²) >= 11 is 0. The molecule has 2 aromatic rings. The van der Waals surface area contributed by atoms with E-state index >= 15 is 0 Å². The lowest BCUT2D eigenvalue weighted by molar-refractivity contribution is 0.313. The second-order valence-electron chi connectivity index (χ2n) is 4.67. The summed E-state index contributed by atoms with van der Waals surface area (Å²) in [6.07, 6.45) is 0. The molecule has 0 bridgehead atoms. The zero-order valence-corrected chi connectivity index (χ0v) is 12.1. The summed E-state index contributed by atoms with van der Waals surface area (Å²) in [5, 5.41) is 0. The van der Waals surface area contributed by atoms with Gasteiger partial charge in [0.15, 0.2) is 23.2 Å². The largest absolute Gasteiger partial charge is 0.491 e. The van der Waals surface area contributed by atoms with Crippen LogP contribution in [0.4, 0.5) is 17.6 Å². The molecule has 1 nitrogen and oxygen atoms in total. The van der Waals surface area contributed by atoms with Crippen molar-refractivity contribution < 1.29 is 22.3 Å². The Morgan fingerprint density at radius 1 is 0.909 bits per heavy atom. The number of ether oxygens (including phenoxy) is 1. The minimum absolute atomic E-state index is 0.0446. The molecule has 116 valence electrons. The van der Waals surface area contributed by atoms with Gasteiger partial charge < -0.3 is 4.74 Å². The molecule has 0 fully saturated rings. The van der Waals surface area contributed by atoms with Gasteiger partial charge >= 0.3 is 0 Å². The zero-order valence-electron chi connectivity index (χ0n) is 12.1. The van der Waals surface area contributed by atoms with Crippen LogP contribution in [0.2, 0.25) is 0 Å². The predicted octanol–water partition coefficient (Wildman–Crippen LogP) is 5.44. The first-order valence-corrected chi connectivity index (χ1v) is 6.69. The maximum absolute atomic E-state index is 14.1. The highest BCUT2D eigenvalue weighted by Gasteiger charge is 2.20. The number of rotatable bonds is 4. The fourth-order valence-electron chi connectivity index (χ4n) is 1.91. The van der Waals surface area contributed by atoms with Crippen LogP contribution >= 0.6 is 0 Å². The molecule has 0 aliphatic rings. The lowest BCUT2D eigenvalue weighted by Crippen LogP contribution is -2.00. The molecule has 0 atom stereocenters. The number of hydrogen-bond donors (Lipinski definition) is 0. The van der Waals surface area contributed by atoms with E-state index in [-0.39, 0.29) is 17.9 Å². The molecule has 2 aromatic carbocycles. The molecular formula is C17H14F4O. The topological polar surface area (TPSA) is 9.23 Å². The molecule has 0 heterocycles. The van der Waals surface area contributed by atoms with Crippen molar-refractivity contribution in [1.82, 2.24) is 0 Å². The predicted molar refractivity (Wildman–Crippen MR) is 77.7 cm³/mol. The quantitative estimate of drug-likeness (QED) is 0.540. The minimum Gasteiger partial charge on any atom is -0.491 e. The average molecular weight is 310 g/mol. The molecule has 0 spiro atoms. The van der Waals surface area contributed by atoms with Gasteiger partial charge in [-0.3, -0.25) is 0 Å². The maximum atomic E-state index is 14.1. The van der Waals surface area contributed by atoms with Crippen LogP contribution in [0.3, 0.4) is 0 Å². The molecule has 0 N–H and O–H groups in total. The Balaban J connectivity index is 2.48. The van der Waals surface area contributed by atoms with Gasteiger partial charge in [-0.15, -0.1) is 0 Å². The van der Waals surface area contributed by atoms with Crippen LogP contribution in [0.25, 0.3) is 11.7 Å². The molecule has 0 aliphatic heterocycles. The van der Waals surface area contributed by atoms with Gasteiger partial charge in [0.2, 0.25) is 5.82 Å². The van der Waals surface area contributed by atoms with Crippen LogP contribution in [-0.4, -0.2) is 6.61 Å². The van der Waals surface area contributed by atoms with E-state index in [2.05, 4.69) is 0 Å². The van der Waals surface area contributed by atoms with Gasteiger partial charge in [-0.1, -0.05) is 29.8 Å². The van der Waals surface area contributed by atoms with Crippen molar-refractivity contribution in [3.05, 3.63) is 64.7 Å². The van der Waals surface area contributed by atoms with Gasteiger partial charge in [0.05, 0.1) is 12.2 Å². The summed E-state index contributed by atoms with van der Waals surface area (Å²) in [7, 11) is 0. The number of benzene rings is 2. The van der Waals surface area contributed by atoms with E-state index in [4.69, 9.17) is 4.74 Å². The highest BCUT2D eigenvalue weighted by Crippen LogP contribution is 2.33. The third-order valence-corrected chi connectivity index (χ3v) is 3.08. The van der Waals surface area contributed by atoms with Gasteiger partial charge in [0.1, 0.15) is 0 Å². The van der Waals surface area contributed by atoms with Gasteiger partial charge in [0.25, 0.3) is 0 Å². The average Bonchev–Trinajstić information content (AvgIpc) is 2.52. The van der Waals surface area contributed by atoms with Crippen LogP contribution in [-0.2, 0) is 0 Å². The molecule has 0 aromatic heterocycles. The molecule has 0 amide bonds. The molecule has 5 heteroatoms. The third-order valence-electron chi connectivity index (χ3n) is 3.08. The van der Waals surface area contributed by atoms with Gasteiger partial charge in [-0.25, -0.2) is 13.2 Å². The molecule has 0 saturated heterocycles. The molecule has 0 radical (unpaired) electrons. The molecule has 0 aliphatic carbocycles. The van der Waals surface area contributed by atoms with Crippen molar-refractivity contribution in [2.75, 3.05) is 6.61 Å². The Labute approximate surface area is 125 Å². The summed E-state index contributed by atoms with van der Waals surface area (Å²) in [4.78, 5) is 0. The van der Waals surface area contributed by atoms with Crippen molar-refractivity contribution in [2.24, 2.45) is 0 Å². The fourth-order valence-corrected chi connectivity index (χ4v) is 1.91. The second kappa shape index (κ2) is 6.64. The van der Waals surface area contributed by atoms with Gasteiger partial charge in [-0.05, 0) is 26.0 Å². The smallest absolute Gasteiger partial charge is 0.201 e. The molecule has 2 rings (SSSR count). The van der Waals surface area contributed by atoms with E-state index in [9.17, 15) is 17.6 Å². The summed E-state index contributed by atoms with van der Waals surface area (Å²) in [5.41, 5.74) is 0.0473. The monoisotopic (exact) mass is 310 g/mol. The van der Waals surface area contributed by atoms with E-state index in [1.807, 2.05) is 0 Å². The van der Waals surface area contributed by atoms with Crippen LogP contribution in [0.15, 0.2) is 36.4 Å². The number of aryl methyl sites for hydroxylation is 1. The lowest BCUT2D eigenvalue weighted by atomic mass is 10.1. The van der Waals surface area contributed by atoms with Crippen LogP contribution in [0.5, 0.6) is 5.75 Å². The Kier molecular flexibility index (Phi) is 4.85. The van der Waals surface area contributed by atoms with E-state index < -0.39 is 28.9 Å². The summed E-state index contributed by atoms with van der Waals surface area (Å²) < 4.78 is 60.7. The first kappa shape index (κ1) is 16.1. The fraction of sp³-hybridized carbons (Fsp3) is 0.176. The van der Waals surface area contributed by atoms with Crippen molar-refractivity contribution in [3.63, 3.8) is 0 Å². The highest BCUT2D eigenvalue weighted by atomic mass is 19.2.